The lowest BCUT2D eigenvalue weighted by Crippen LogP contribution is -2.41. The average Bonchev–Trinajstić information content (AvgIpc) is 4.26. The summed E-state index contributed by atoms with van der Waals surface area (Å²) < 4.78 is 74.1. The van der Waals surface area contributed by atoms with Crippen molar-refractivity contribution in [3.8, 4) is 18.2 Å². The number of ether oxygens (including phenoxy) is 4. The summed E-state index contributed by atoms with van der Waals surface area (Å²) in [6.45, 7) is -0.400. The normalized spacial score (nSPS) is 23.7. The van der Waals surface area contributed by atoms with Crippen LogP contribution in [0, 0.1) is 39.8 Å². The fourth-order valence-corrected chi connectivity index (χ4v) is 11.1. The molecule has 78 heavy (non-hydrogen) atoms. The molecular formula is C53H71FN11O12P. The summed E-state index contributed by atoms with van der Waals surface area (Å²) in [7, 11) is -5.04. The molecule has 7 rings (SSSR count). The van der Waals surface area contributed by atoms with Crippen LogP contribution in [-0.2, 0) is 54.9 Å². The smallest absolute Gasteiger partial charge is 0.387 e. The maximum atomic E-state index is 15.1. The molecule has 422 valence electrons. The second kappa shape index (κ2) is 28.4. The molecule has 5 aromatic rings. The fourth-order valence-electron chi connectivity index (χ4n) is 9.84. The molecule has 0 amide bonds. The molecule has 0 bridgehead atoms. The number of aliphatic hydroxyl groups is 4. The summed E-state index contributed by atoms with van der Waals surface area (Å²) in [6.07, 6.45) is 9.60. The van der Waals surface area contributed by atoms with Crippen LogP contribution >= 0.6 is 7.82 Å². The van der Waals surface area contributed by atoms with Gasteiger partial charge in [0, 0.05) is 12.2 Å². The summed E-state index contributed by atoms with van der Waals surface area (Å²) in [6, 6.07) is 15.6. The Morgan fingerprint density at radius 3 is 1.63 bits per heavy atom. The number of hydrogen-bond acceptors (Lipinski definition) is 21. The second-order valence-corrected chi connectivity index (χ2v) is 21.4. The van der Waals surface area contributed by atoms with Crippen molar-refractivity contribution in [2.75, 3.05) is 44.5 Å². The van der Waals surface area contributed by atoms with Crippen LogP contribution in [0.2, 0.25) is 0 Å². The zero-order valence-electron chi connectivity index (χ0n) is 43.9. The number of aliphatic hydroxyl groups excluding tert-OH is 4. The number of rotatable bonds is 33. The van der Waals surface area contributed by atoms with Gasteiger partial charge in [0.2, 0.25) is 11.2 Å². The van der Waals surface area contributed by atoms with Gasteiger partial charge in [-0.3, -0.25) is 13.6 Å². The molecule has 6 heterocycles. The maximum Gasteiger partial charge on any atom is 0.475 e. The largest absolute Gasteiger partial charge is 0.475 e. The zero-order chi connectivity index (χ0) is 55.7. The number of phosphoric ester groups is 1. The van der Waals surface area contributed by atoms with Crippen molar-refractivity contribution in [2.45, 2.75) is 170 Å². The lowest BCUT2D eigenvalue weighted by molar-refractivity contribution is -0.0803. The molecule has 9 atom stereocenters. The van der Waals surface area contributed by atoms with Crippen molar-refractivity contribution in [1.29, 1.82) is 15.8 Å². The molecule has 23 nitrogen and oxygen atoms in total. The summed E-state index contributed by atoms with van der Waals surface area (Å²) in [5.74, 6) is -0.600. The number of nitrogen functional groups attached to an aromatic ring is 2. The average molecular weight is 1100 g/mol. The van der Waals surface area contributed by atoms with Crippen molar-refractivity contribution < 1.29 is 61.9 Å². The van der Waals surface area contributed by atoms with Crippen molar-refractivity contribution in [1.82, 2.24) is 29.2 Å². The number of nitriles is 3. The molecule has 1 aromatic carbocycles. The molecule has 2 aliphatic rings. The highest BCUT2D eigenvalue weighted by molar-refractivity contribution is 7.48. The van der Waals surface area contributed by atoms with Crippen LogP contribution in [0.25, 0.3) is 11.0 Å². The van der Waals surface area contributed by atoms with Gasteiger partial charge in [-0.05, 0) is 42.8 Å². The lowest BCUT2D eigenvalue weighted by Gasteiger charge is -2.26. The maximum absolute atomic E-state index is 15.1. The van der Waals surface area contributed by atoms with Gasteiger partial charge in [0.25, 0.3) is 0 Å². The molecule has 2 fully saturated rings. The second-order valence-electron chi connectivity index (χ2n) is 19.7. The Bertz CT molecular complexity index is 2780. The highest BCUT2D eigenvalue weighted by atomic mass is 31.2. The van der Waals surface area contributed by atoms with Crippen LogP contribution < -0.4 is 11.5 Å². The first kappa shape index (κ1) is 59.9. The molecule has 8 N–H and O–H groups in total. The highest BCUT2D eigenvalue weighted by Crippen LogP contribution is 2.52. The van der Waals surface area contributed by atoms with Gasteiger partial charge in [-0.25, -0.2) is 28.0 Å². The van der Waals surface area contributed by atoms with Crippen molar-refractivity contribution >= 4 is 30.5 Å². The van der Waals surface area contributed by atoms with E-state index in [0.29, 0.717) is 6.61 Å². The quantitative estimate of drug-likeness (QED) is 0.0197. The van der Waals surface area contributed by atoms with Gasteiger partial charge >= 0.3 is 7.82 Å². The van der Waals surface area contributed by atoms with E-state index in [-0.39, 0.29) is 51.8 Å². The van der Waals surface area contributed by atoms with E-state index in [1.807, 2.05) is 18.2 Å². The SMILES string of the molecule is CCCCCCCCCCCCCCCCCCOC[C@H](COP(=O)(OC[C@H]1O[C@@](C#N)(c2ccc3c(N)ncnn23)[C@H](O)[C@@H]1O)OC[C@H]1O[C@@](C#N)(c2ccc3c(N)ncnn23)[C@H](O)[C@@H]1O)OCc1c(F)cccc1C#N. The first-order chi connectivity index (χ1) is 37.8. The van der Waals surface area contributed by atoms with Crippen LogP contribution in [0.5, 0.6) is 0 Å². The van der Waals surface area contributed by atoms with Gasteiger partial charge in [-0.1, -0.05) is 109 Å². The molecule has 2 saturated heterocycles. The van der Waals surface area contributed by atoms with Gasteiger partial charge < -0.3 is 50.8 Å². The van der Waals surface area contributed by atoms with Crippen LogP contribution in [0.1, 0.15) is 132 Å². The van der Waals surface area contributed by atoms with E-state index in [1.54, 1.807) is 0 Å². The molecule has 2 aliphatic heterocycles. The van der Waals surface area contributed by atoms with E-state index in [4.69, 9.17) is 44.0 Å². The number of benzene rings is 1. The van der Waals surface area contributed by atoms with Gasteiger partial charge in [-0.2, -0.15) is 26.0 Å². The van der Waals surface area contributed by atoms with Gasteiger partial charge in [0.05, 0.1) is 56.1 Å². The fraction of sp³-hybridized carbons (Fsp3) is 0.604. The Labute approximate surface area is 452 Å². The molecular weight excluding hydrogens is 1030 g/mol. The van der Waals surface area contributed by atoms with Crippen LogP contribution in [0.3, 0.4) is 0 Å². The first-order valence-corrected chi connectivity index (χ1v) is 28.2. The number of nitrogens with two attached hydrogens (primary N) is 2. The zero-order valence-corrected chi connectivity index (χ0v) is 44.7. The molecule has 4 aromatic heterocycles. The first-order valence-electron chi connectivity index (χ1n) is 26.7. The molecule has 25 heteroatoms. The Morgan fingerprint density at radius 2 is 1.17 bits per heavy atom. The topological polar surface area (TPSA) is 346 Å². The van der Waals surface area contributed by atoms with E-state index in [2.05, 4.69) is 27.1 Å². The van der Waals surface area contributed by atoms with Crippen LogP contribution in [0.4, 0.5) is 16.0 Å². The Kier molecular flexibility index (Phi) is 21.8. The van der Waals surface area contributed by atoms with E-state index in [9.17, 15) is 40.8 Å². The number of anilines is 2. The third kappa shape index (κ3) is 14.0. The van der Waals surface area contributed by atoms with Gasteiger partial charge in [0.1, 0.15) is 84.4 Å². The summed E-state index contributed by atoms with van der Waals surface area (Å²) in [5, 5.41) is 84.6. The Balaban J connectivity index is 1.02. The molecule has 0 aliphatic carbocycles. The van der Waals surface area contributed by atoms with Crippen LogP contribution in [-0.4, -0.2) is 125 Å². The van der Waals surface area contributed by atoms with Crippen molar-refractivity contribution in [3.63, 3.8) is 0 Å². The minimum Gasteiger partial charge on any atom is -0.387 e. The van der Waals surface area contributed by atoms with Gasteiger partial charge in [0.15, 0.2) is 11.6 Å². The summed E-state index contributed by atoms with van der Waals surface area (Å²) >= 11 is 0. The predicted octanol–water partition coefficient (Wildman–Crippen LogP) is 6.35. The van der Waals surface area contributed by atoms with E-state index in [0.717, 1.165) is 44.8 Å². The monoisotopic (exact) mass is 1100 g/mol. The number of halogens is 1. The minimum atomic E-state index is -5.04. The van der Waals surface area contributed by atoms with Crippen molar-refractivity contribution in [3.05, 3.63) is 83.5 Å². The highest BCUT2D eigenvalue weighted by Gasteiger charge is 2.59. The summed E-state index contributed by atoms with van der Waals surface area (Å²) in [4.78, 5) is 7.88. The molecule has 0 saturated carbocycles. The Hall–Kier alpha value is -5.75. The number of fused-ring (bicyclic) bond motifs is 2. The number of nitrogens with zero attached hydrogens (tertiary/aromatic N) is 9. The summed E-state index contributed by atoms with van der Waals surface area (Å²) in [5.41, 5.74) is 7.94. The molecule has 0 spiro atoms. The third-order valence-corrected chi connectivity index (χ3v) is 15.7. The predicted molar refractivity (Wildman–Crippen MR) is 279 cm³/mol. The number of unbranched alkanes of at least 4 members (excludes halogenated alkanes) is 15. The molecule has 0 radical (unpaired) electrons. The lowest BCUT2D eigenvalue weighted by atomic mass is 9.92. The van der Waals surface area contributed by atoms with Gasteiger partial charge in [-0.15, -0.1) is 0 Å². The van der Waals surface area contributed by atoms with E-state index >= 15 is 4.39 Å². The van der Waals surface area contributed by atoms with Crippen LogP contribution in [0.15, 0.2) is 55.1 Å². The standard InChI is InChI=1S/C53H71FN11O12P/c1-2-3-4-5-6-7-8-9-10-11-12-13-14-15-16-17-25-71-27-37(72-29-38-36(26-55)19-18-20-39(38)54)28-73-78(70,74-30-42-46(66)48(68)52(32-56,76-42)44-23-21-40-50(58)60-34-62-64(40)44)75-31-43-47(67)49(69)53(33-57,77-43)45-24-22-41-51(59)61-35-63-65(41)45/h18-24,34-35,37,42-43,46-49,66-69H,2-17,25,27-31H2,1H3,(H2,58,60,62)(H2,59,61,63)/t37-,42-,43-,46-,47-,48-,49-,52+,53+/m1/s1. The third-order valence-electron chi connectivity index (χ3n) is 14.3. The Morgan fingerprint density at radius 1 is 0.692 bits per heavy atom. The minimum absolute atomic E-state index is 0.0192. The number of hydrogen-bond donors (Lipinski definition) is 6. The number of phosphoric acid groups is 1. The van der Waals surface area contributed by atoms with E-state index < -0.39 is 94.0 Å². The molecule has 0 unspecified atom stereocenters. The van der Waals surface area contributed by atoms with E-state index in [1.165, 1.54) is 122 Å². The van der Waals surface area contributed by atoms with Crippen molar-refractivity contribution in [2.24, 2.45) is 0 Å². The number of aromatic nitrogens is 6.